The lowest BCUT2D eigenvalue weighted by Crippen LogP contribution is -2.43. The molecule has 0 aromatic heterocycles. The van der Waals surface area contributed by atoms with Crippen LogP contribution in [0.5, 0.6) is 0 Å². The van der Waals surface area contributed by atoms with Gasteiger partial charge in [0, 0.05) is 20.6 Å². The normalized spacial score (nSPS) is 10.9. The van der Waals surface area contributed by atoms with E-state index in [9.17, 15) is 4.79 Å². The first-order valence-corrected chi connectivity index (χ1v) is 6.91. The first-order valence-electron chi connectivity index (χ1n) is 6.91. The summed E-state index contributed by atoms with van der Waals surface area (Å²) in [5.74, 6) is 0.602. The van der Waals surface area contributed by atoms with Crippen molar-refractivity contribution in [1.29, 1.82) is 0 Å². The second kappa shape index (κ2) is 8.79. The maximum Gasteiger partial charge on any atom is 0.241 e. The van der Waals surface area contributed by atoms with E-state index < -0.39 is 0 Å². The molecule has 21 heavy (non-hydrogen) atoms. The predicted octanol–water partition coefficient (Wildman–Crippen LogP) is 1.30. The number of likely N-dealkylation sites (N-methyl/N-ethyl adjacent to an activating group) is 1. The number of nitrogens with zero attached hydrogens (tertiary/aromatic N) is 2. The van der Waals surface area contributed by atoms with Gasteiger partial charge >= 0.3 is 0 Å². The van der Waals surface area contributed by atoms with Gasteiger partial charge in [0.05, 0.1) is 13.1 Å². The van der Waals surface area contributed by atoms with Crippen LogP contribution < -0.4 is 10.6 Å². The van der Waals surface area contributed by atoms with Crippen molar-refractivity contribution in [3.8, 4) is 0 Å². The zero-order chi connectivity index (χ0) is 15.7. The Bertz CT molecular complexity index is 509. The average Bonchev–Trinajstić information content (AvgIpc) is 2.46. The summed E-state index contributed by atoms with van der Waals surface area (Å²) in [6, 6.07) is 8.20. The average molecular weight is 288 g/mol. The molecule has 1 amide bonds. The minimum absolute atomic E-state index is 0.00124. The van der Waals surface area contributed by atoms with Gasteiger partial charge in [-0.05, 0) is 12.5 Å². The second-order valence-electron chi connectivity index (χ2n) is 4.97. The molecule has 0 aliphatic rings. The van der Waals surface area contributed by atoms with Gasteiger partial charge in [-0.1, -0.05) is 35.9 Å². The molecule has 5 nitrogen and oxygen atoms in total. The van der Waals surface area contributed by atoms with E-state index in [0.717, 1.165) is 5.56 Å². The van der Waals surface area contributed by atoms with Gasteiger partial charge in [0.1, 0.15) is 0 Å². The summed E-state index contributed by atoms with van der Waals surface area (Å²) in [6.07, 6.45) is 1.75. The lowest BCUT2D eigenvalue weighted by molar-refractivity contribution is -0.127. The van der Waals surface area contributed by atoms with Crippen LogP contribution in [0.2, 0.25) is 0 Å². The molecular formula is C16H24N4O. The molecule has 0 aliphatic heterocycles. The summed E-state index contributed by atoms with van der Waals surface area (Å²) in [7, 11) is 3.45. The fraction of sp³-hybridized carbons (Fsp3) is 0.375. The Morgan fingerprint density at radius 3 is 2.76 bits per heavy atom. The fourth-order valence-electron chi connectivity index (χ4n) is 1.64. The van der Waals surface area contributed by atoms with Gasteiger partial charge in [-0.15, -0.1) is 6.58 Å². The Hall–Kier alpha value is -2.30. The van der Waals surface area contributed by atoms with Crippen molar-refractivity contribution in [1.82, 2.24) is 15.5 Å². The summed E-state index contributed by atoms with van der Waals surface area (Å²) in [4.78, 5) is 17.6. The van der Waals surface area contributed by atoms with Crippen molar-refractivity contribution < 1.29 is 4.79 Å². The Morgan fingerprint density at radius 1 is 1.38 bits per heavy atom. The quantitative estimate of drug-likeness (QED) is 0.471. The Kier molecular flexibility index (Phi) is 7.01. The molecule has 2 N–H and O–H groups in total. The predicted molar refractivity (Wildman–Crippen MR) is 87.2 cm³/mol. The summed E-state index contributed by atoms with van der Waals surface area (Å²) in [5, 5.41) is 6.12. The third-order valence-corrected chi connectivity index (χ3v) is 2.82. The summed E-state index contributed by atoms with van der Waals surface area (Å²) >= 11 is 0. The molecule has 1 aromatic rings. The van der Waals surface area contributed by atoms with Crippen LogP contribution in [-0.4, -0.2) is 44.0 Å². The van der Waals surface area contributed by atoms with Crippen LogP contribution in [0, 0.1) is 6.92 Å². The Labute approximate surface area is 126 Å². The van der Waals surface area contributed by atoms with Crippen LogP contribution >= 0.6 is 0 Å². The first-order chi connectivity index (χ1) is 10.0. The van der Waals surface area contributed by atoms with Crippen molar-refractivity contribution in [2.75, 3.05) is 27.2 Å². The van der Waals surface area contributed by atoms with Gasteiger partial charge in [0.25, 0.3) is 0 Å². The lowest BCUT2D eigenvalue weighted by Gasteiger charge is -2.14. The molecule has 0 unspecified atom stereocenters. The molecule has 0 fully saturated rings. The van der Waals surface area contributed by atoms with E-state index in [1.165, 1.54) is 5.56 Å². The van der Waals surface area contributed by atoms with Gasteiger partial charge in [-0.2, -0.15) is 0 Å². The minimum atomic E-state index is -0.00124. The smallest absolute Gasteiger partial charge is 0.241 e. The molecule has 0 saturated heterocycles. The maximum absolute atomic E-state index is 11.6. The molecule has 0 atom stereocenters. The monoisotopic (exact) mass is 288 g/mol. The van der Waals surface area contributed by atoms with Gasteiger partial charge in [-0.3, -0.25) is 4.79 Å². The number of amides is 1. The standard InChI is InChI=1S/C16H24N4O/c1-5-9-17-16(19-12-15(21)20(3)4)18-11-14-8-6-7-13(2)10-14/h5-8,10H,1,9,11-12H2,2-4H3,(H2,17,18,19). The van der Waals surface area contributed by atoms with Crippen LogP contribution in [0.3, 0.4) is 0 Å². The van der Waals surface area contributed by atoms with Crippen molar-refractivity contribution in [3.05, 3.63) is 48.0 Å². The number of benzene rings is 1. The van der Waals surface area contributed by atoms with E-state index in [2.05, 4.69) is 41.3 Å². The number of rotatable bonds is 6. The molecule has 0 aliphatic carbocycles. The number of carbonyl (C=O) groups excluding carboxylic acids is 1. The van der Waals surface area contributed by atoms with Crippen LogP contribution in [-0.2, 0) is 11.3 Å². The fourth-order valence-corrected chi connectivity index (χ4v) is 1.64. The maximum atomic E-state index is 11.6. The number of hydrogen-bond acceptors (Lipinski definition) is 2. The number of nitrogens with one attached hydrogen (secondary N) is 2. The molecule has 1 rings (SSSR count). The van der Waals surface area contributed by atoms with E-state index in [1.54, 1.807) is 25.1 Å². The van der Waals surface area contributed by atoms with E-state index >= 15 is 0 Å². The van der Waals surface area contributed by atoms with Crippen LogP contribution in [0.15, 0.2) is 41.9 Å². The van der Waals surface area contributed by atoms with Gasteiger partial charge in [-0.25, -0.2) is 4.99 Å². The molecule has 0 saturated carbocycles. The summed E-state index contributed by atoms with van der Waals surface area (Å²) in [6.45, 7) is 7.08. The summed E-state index contributed by atoms with van der Waals surface area (Å²) in [5.41, 5.74) is 2.34. The van der Waals surface area contributed by atoms with E-state index in [4.69, 9.17) is 0 Å². The molecule has 0 bridgehead atoms. The Morgan fingerprint density at radius 2 is 2.14 bits per heavy atom. The van der Waals surface area contributed by atoms with E-state index in [-0.39, 0.29) is 12.5 Å². The highest BCUT2D eigenvalue weighted by Crippen LogP contribution is 2.04. The summed E-state index contributed by atoms with van der Waals surface area (Å²) < 4.78 is 0. The van der Waals surface area contributed by atoms with Crippen molar-refractivity contribution in [3.63, 3.8) is 0 Å². The number of aliphatic imine (C=N–C) groups is 1. The number of aryl methyl sites for hydroxylation is 1. The highest BCUT2D eigenvalue weighted by Gasteiger charge is 2.05. The van der Waals surface area contributed by atoms with Crippen LogP contribution in [0.4, 0.5) is 0 Å². The highest BCUT2D eigenvalue weighted by atomic mass is 16.2. The number of guanidine groups is 1. The van der Waals surface area contributed by atoms with Crippen molar-refractivity contribution >= 4 is 11.9 Å². The number of hydrogen-bond donors (Lipinski definition) is 2. The van der Waals surface area contributed by atoms with E-state index in [0.29, 0.717) is 19.0 Å². The molecule has 0 heterocycles. The minimum Gasteiger partial charge on any atom is -0.353 e. The van der Waals surface area contributed by atoms with Crippen molar-refractivity contribution in [2.24, 2.45) is 4.99 Å². The second-order valence-corrected chi connectivity index (χ2v) is 4.97. The molecule has 5 heteroatoms. The largest absolute Gasteiger partial charge is 0.353 e. The van der Waals surface area contributed by atoms with Gasteiger partial charge in [0.2, 0.25) is 5.91 Å². The van der Waals surface area contributed by atoms with Crippen LogP contribution in [0.1, 0.15) is 11.1 Å². The van der Waals surface area contributed by atoms with Crippen molar-refractivity contribution in [2.45, 2.75) is 13.5 Å². The molecule has 1 aromatic carbocycles. The van der Waals surface area contributed by atoms with Gasteiger partial charge in [0.15, 0.2) is 5.96 Å². The number of carbonyl (C=O) groups is 1. The molecular weight excluding hydrogens is 264 g/mol. The SMILES string of the molecule is C=CCNC(=NCc1cccc(C)c1)NCC(=O)N(C)C. The lowest BCUT2D eigenvalue weighted by atomic mass is 10.1. The Balaban J connectivity index is 2.65. The third kappa shape index (κ3) is 6.61. The zero-order valence-electron chi connectivity index (χ0n) is 13.0. The van der Waals surface area contributed by atoms with E-state index in [1.807, 2.05) is 12.1 Å². The topological polar surface area (TPSA) is 56.7 Å². The van der Waals surface area contributed by atoms with Crippen LogP contribution in [0.25, 0.3) is 0 Å². The first kappa shape index (κ1) is 16.8. The zero-order valence-corrected chi connectivity index (χ0v) is 13.0. The third-order valence-electron chi connectivity index (χ3n) is 2.82. The molecule has 0 spiro atoms. The highest BCUT2D eigenvalue weighted by molar-refractivity contribution is 5.86. The molecule has 114 valence electrons. The molecule has 0 radical (unpaired) electrons. The van der Waals surface area contributed by atoms with Gasteiger partial charge < -0.3 is 15.5 Å².